The lowest BCUT2D eigenvalue weighted by molar-refractivity contribution is -0.126. The molecule has 0 saturated heterocycles. The Morgan fingerprint density at radius 1 is 1.06 bits per heavy atom. The van der Waals surface area contributed by atoms with E-state index < -0.39 is 5.72 Å². The summed E-state index contributed by atoms with van der Waals surface area (Å²) in [4.78, 5) is 35.7. The Hall–Kier alpha value is -4.91. The zero-order chi connectivity index (χ0) is 34.3. The van der Waals surface area contributed by atoms with Gasteiger partial charge in [-0.25, -0.2) is 9.98 Å². The predicted molar refractivity (Wildman–Crippen MR) is 192 cm³/mol. The number of nitrogens with one attached hydrogen (secondary N) is 3. The molecule has 11 nitrogen and oxygen atoms in total. The zero-order valence-corrected chi connectivity index (χ0v) is 28.9. The third kappa shape index (κ3) is 6.34. The van der Waals surface area contributed by atoms with Gasteiger partial charge >= 0.3 is 0 Å². The minimum absolute atomic E-state index is 0.00274. The Balaban J connectivity index is 1.02. The zero-order valence-electron chi connectivity index (χ0n) is 27.3. The predicted octanol–water partition coefficient (Wildman–Crippen LogP) is 5.86. The highest BCUT2D eigenvalue weighted by Gasteiger charge is 2.42. The maximum absolute atomic E-state index is 13.4. The quantitative estimate of drug-likeness (QED) is 0.134. The molecule has 0 unspecified atom stereocenters. The molecule has 0 spiro atoms. The van der Waals surface area contributed by atoms with E-state index in [1.54, 1.807) is 29.7 Å². The second-order valence-corrected chi connectivity index (χ2v) is 14.0. The molecule has 0 saturated carbocycles. The van der Waals surface area contributed by atoms with E-state index >= 15 is 0 Å². The third-order valence-electron chi connectivity index (χ3n) is 8.88. The molecule has 5 heterocycles. The van der Waals surface area contributed by atoms with Crippen molar-refractivity contribution in [2.75, 3.05) is 23.7 Å². The molecule has 13 heteroatoms. The minimum Gasteiger partial charge on any atom is -0.370 e. The smallest absolute Gasteiger partial charge is 0.228 e. The molecular formula is C36H35ClN8O3S. The molecule has 3 aromatic heterocycles. The van der Waals surface area contributed by atoms with Crippen molar-refractivity contribution >= 4 is 52.0 Å². The van der Waals surface area contributed by atoms with Gasteiger partial charge in [-0.15, -0.1) is 21.5 Å². The molecule has 2 aliphatic heterocycles. The van der Waals surface area contributed by atoms with Gasteiger partial charge in [0.1, 0.15) is 16.6 Å². The van der Waals surface area contributed by atoms with Crippen molar-refractivity contribution < 1.29 is 14.7 Å². The Morgan fingerprint density at radius 3 is 2.65 bits per heavy atom. The fourth-order valence-corrected chi connectivity index (χ4v) is 7.62. The summed E-state index contributed by atoms with van der Waals surface area (Å²) in [6.07, 6.45) is 3.27. The van der Waals surface area contributed by atoms with Gasteiger partial charge in [0.05, 0.1) is 18.6 Å². The fraction of sp³-hybridized carbons (Fsp3) is 0.278. The van der Waals surface area contributed by atoms with Gasteiger partial charge in [0.15, 0.2) is 5.82 Å². The van der Waals surface area contributed by atoms with Crippen LogP contribution >= 0.6 is 22.9 Å². The molecule has 4 N–H and O–H groups in total. The lowest BCUT2D eigenvalue weighted by Crippen LogP contribution is -2.36. The molecule has 2 amide bonds. The first kappa shape index (κ1) is 32.6. The molecule has 250 valence electrons. The molecule has 7 rings (SSSR count). The molecule has 2 aliphatic rings. The monoisotopic (exact) mass is 694 g/mol. The van der Waals surface area contributed by atoms with E-state index in [1.807, 2.05) is 67.8 Å². The maximum Gasteiger partial charge on any atom is 0.228 e. The Labute approximate surface area is 292 Å². The van der Waals surface area contributed by atoms with E-state index in [9.17, 15) is 14.7 Å². The SMILES string of the molecule is Cc1sc2c(c1C)C(c1ccc(Cl)cc1)=N[C@](O)(CC(=O)NCCCCNc1ncccc1-c1ccc3c(c1)CC(=O)N3)c1nnc(C)n1-2. The first-order chi connectivity index (χ1) is 23.6. The summed E-state index contributed by atoms with van der Waals surface area (Å²) >= 11 is 7.78. The van der Waals surface area contributed by atoms with Crippen molar-refractivity contribution in [3.8, 4) is 16.1 Å². The second kappa shape index (κ2) is 13.2. The van der Waals surface area contributed by atoms with Crippen LogP contribution in [0.1, 0.15) is 58.0 Å². The molecule has 0 fully saturated rings. The molecule has 1 atom stereocenters. The molecule has 5 aromatic rings. The van der Waals surface area contributed by atoms with Crippen LogP contribution in [0.5, 0.6) is 0 Å². The van der Waals surface area contributed by atoms with Crippen LogP contribution in [0.15, 0.2) is 65.8 Å². The third-order valence-corrected chi connectivity index (χ3v) is 10.3. The minimum atomic E-state index is -1.96. The van der Waals surface area contributed by atoms with Crippen molar-refractivity contribution in [1.82, 2.24) is 25.1 Å². The number of hydrogen-bond donors (Lipinski definition) is 4. The number of aliphatic hydroxyl groups is 1. The van der Waals surface area contributed by atoms with Crippen LogP contribution in [0.2, 0.25) is 5.02 Å². The summed E-state index contributed by atoms with van der Waals surface area (Å²) in [7, 11) is 0. The Kier molecular flexibility index (Phi) is 8.78. The number of fused-ring (bicyclic) bond motifs is 4. The highest BCUT2D eigenvalue weighted by atomic mass is 35.5. The summed E-state index contributed by atoms with van der Waals surface area (Å²) in [6, 6.07) is 17.1. The van der Waals surface area contributed by atoms with Crippen LogP contribution in [0.3, 0.4) is 0 Å². The Morgan fingerprint density at radius 2 is 1.84 bits per heavy atom. The highest BCUT2D eigenvalue weighted by molar-refractivity contribution is 7.15. The fourth-order valence-electron chi connectivity index (χ4n) is 6.28. The van der Waals surface area contributed by atoms with E-state index in [2.05, 4.69) is 31.1 Å². The topological polar surface area (TPSA) is 146 Å². The summed E-state index contributed by atoms with van der Waals surface area (Å²) in [5.74, 6) is 1.20. The van der Waals surface area contributed by atoms with Crippen molar-refractivity contribution in [1.29, 1.82) is 0 Å². The van der Waals surface area contributed by atoms with Gasteiger partial charge in [-0.3, -0.25) is 14.2 Å². The number of aliphatic imine (C=N–C) groups is 1. The molecular weight excluding hydrogens is 660 g/mol. The van der Waals surface area contributed by atoms with Crippen LogP contribution in [0.4, 0.5) is 11.5 Å². The average molecular weight is 695 g/mol. The van der Waals surface area contributed by atoms with E-state index in [0.29, 0.717) is 42.5 Å². The van der Waals surface area contributed by atoms with Gasteiger partial charge < -0.3 is 21.1 Å². The van der Waals surface area contributed by atoms with Crippen LogP contribution in [0.25, 0.3) is 16.1 Å². The van der Waals surface area contributed by atoms with Crippen molar-refractivity contribution in [2.45, 2.75) is 52.2 Å². The van der Waals surface area contributed by atoms with E-state index in [1.165, 1.54) is 0 Å². The highest BCUT2D eigenvalue weighted by Crippen LogP contribution is 2.41. The van der Waals surface area contributed by atoms with E-state index in [0.717, 1.165) is 61.2 Å². The van der Waals surface area contributed by atoms with Crippen LogP contribution in [-0.2, 0) is 21.7 Å². The van der Waals surface area contributed by atoms with E-state index in [4.69, 9.17) is 16.6 Å². The number of anilines is 2. The van der Waals surface area contributed by atoms with Gasteiger partial charge in [-0.1, -0.05) is 29.8 Å². The normalized spacial score (nSPS) is 16.3. The second-order valence-electron chi connectivity index (χ2n) is 12.3. The first-order valence-corrected chi connectivity index (χ1v) is 17.3. The number of rotatable bonds is 10. The molecule has 0 radical (unpaired) electrons. The van der Waals surface area contributed by atoms with Gasteiger partial charge in [0.2, 0.25) is 17.5 Å². The molecule has 49 heavy (non-hydrogen) atoms. The number of aryl methyl sites for hydroxylation is 2. The number of halogens is 1. The number of carbonyl (C=O) groups is 2. The lowest BCUT2D eigenvalue weighted by atomic mass is 9.99. The van der Waals surface area contributed by atoms with Gasteiger partial charge in [-0.2, -0.15) is 0 Å². The molecule has 0 aliphatic carbocycles. The van der Waals surface area contributed by atoms with Crippen LogP contribution < -0.4 is 16.0 Å². The van der Waals surface area contributed by atoms with E-state index in [-0.39, 0.29) is 24.1 Å². The number of amides is 2. The summed E-state index contributed by atoms with van der Waals surface area (Å²) < 4.78 is 1.82. The number of hydrogen-bond acceptors (Lipinski definition) is 9. The van der Waals surface area contributed by atoms with Crippen molar-refractivity contribution in [2.24, 2.45) is 4.99 Å². The average Bonchev–Trinajstić information content (AvgIpc) is 3.73. The number of carbonyl (C=O) groups excluding carboxylic acids is 2. The summed E-state index contributed by atoms with van der Waals surface area (Å²) in [5.41, 5.74) is 5.06. The van der Waals surface area contributed by atoms with Gasteiger partial charge in [0, 0.05) is 51.6 Å². The maximum atomic E-state index is 13.4. The number of thiophene rings is 1. The number of pyridine rings is 1. The standard InChI is InChI=1S/C36H35ClN8O3S/c1-20-21(2)49-34-31(20)32(23-8-11-26(37)12-9-23)42-36(48,35-44-43-22(3)45(34)35)19-30(47)38-14-4-5-15-39-33-27(7-6-16-40-33)24-10-13-28-25(17-24)18-29(46)41-28/h6-13,16-17,48H,4-5,14-15,18-19H2,1-3H3,(H,38,47)(H,39,40)(H,41,46)/t36-/m0/s1. The number of unbranched alkanes of at least 4 members (excludes halogenated alkanes) is 1. The summed E-state index contributed by atoms with van der Waals surface area (Å²) in [5, 5.41) is 31.4. The number of aromatic nitrogens is 4. The number of benzene rings is 2. The molecule has 2 aromatic carbocycles. The van der Waals surface area contributed by atoms with Crippen molar-refractivity contribution in [3.05, 3.63) is 105 Å². The van der Waals surface area contributed by atoms with Crippen molar-refractivity contribution in [3.63, 3.8) is 0 Å². The Bertz CT molecular complexity index is 2120. The largest absolute Gasteiger partial charge is 0.370 e. The molecule has 0 bridgehead atoms. The van der Waals surface area contributed by atoms with Crippen LogP contribution in [-0.4, -0.2) is 55.5 Å². The number of nitrogens with zero attached hydrogens (tertiary/aromatic N) is 5. The lowest BCUT2D eigenvalue weighted by Gasteiger charge is -2.22. The first-order valence-electron chi connectivity index (χ1n) is 16.1. The van der Waals surface area contributed by atoms with Gasteiger partial charge in [-0.05, 0) is 86.7 Å². The van der Waals surface area contributed by atoms with Gasteiger partial charge in [0.25, 0.3) is 0 Å². The van der Waals surface area contributed by atoms with Crippen LogP contribution in [0, 0.1) is 20.8 Å². The summed E-state index contributed by atoms with van der Waals surface area (Å²) in [6.45, 7) is 6.97.